The molecule has 1 heterocycles. The van der Waals surface area contributed by atoms with Crippen molar-refractivity contribution in [1.82, 2.24) is 9.80 Å². The molecule has 2 aromatic rings. The van der Waals surface area contributed by atoms with E-state index in [9.17, 15) is 9.18 Å². The summed E-state index contributed by atoms with van der Waals surface area (Å²) >= 11 is 0. The Morgan fingerprint density at radius 2 is 1.94 bits per heavy atom. The number of carbonyl (C=O) groups is 1. The summed E-state index contributed by atoms with van der Waals surface area (Å²) in [6.45, 7) is 8.00. The molecular formula is C26H35FN2O3. The summed E-state index contributed by atoms with van der Waals surface area (Å²) in [4.78, 5) is 17.0. The second-order valence-electron chi connectivity index (χ2n) is 9.05. The highest BCUT2D eigenvalue weighted by Crippen LogP contribution is 2.35. The van der Waals surface area contributed by atoms with E-state index in [0.717, 1.165) is 36.5 Å². The van der Waals surface area contributed by atoms with Gasteiger partial charge in [0.15, 0.2) is 0 Å². The molecule has 2 unspecified atom stereocenters. The van der Waals surface area contributed by atoms with Crippen molar-refractivity contribution < 1.29 is 18.7 Å². The molecule has 0 N–H and O–H groups in total. The number of carbonyl (C=O) groups excluding carboxylic acids is 1. The highest BCUT2D eigenvalue weighted by molar-refractivity contribution is 5.77. The Morgan fingerprint density at radius 1 is 1.16 bits per heavy atom. The lowest BCUT2D eigenvalue weighted by Gasteiger charge is -2.30. The molecule has 1 amide bonds. The molecule has 0 aliphatic carbocycles. The number of benzene rings is 2. The van der Waals surface area contributed by atoms with Crippen LogP contribution in [0.1, 0.15) is 30.9 Å². The number of nitrogens with zero attached hydrogens (tertiary/aromatic N) is 2. The van der Waals surface area contributed by atoms with Crippen LogP contribution < -0.4 is 4.74 Å². The average Bonchev–Trinajstić information content (AvgIpc) is 3.15. The highest BCUT2D eigenvalue weighted by Gasteiger charge is 2.36. The third kappa shape index (κ3) is 6.30. The first-order valence-corrected chi connectivity index (χ1v) is 11.3. The van der Waals surface area contributed by atoms with Crippen LogP contribution in [0.4, 0.5) is 4.39 Å². The number of para-hydroxylation sites is 1. The molecule has 1 aliphatic rings. The van der Waals surface area contributed by atoms with Crippen molar-refractivity contribution >= 4 is 5.91 Å². The monoisotopic (exact) mass is 442 g/mol. The number of ether oxygens (including phenoxy) is 2. The molecule has 3 rings (SSSR count). The van der Waals surface area contributed by atoms with Crippen molar-refractivity contribution in [2.75, 3.05) is 47.0 Å². The minimum atomic E-state index is -0.223. The maximum Gasteiger partial charge on any atom is 0.248 e. The molecule has 0 spiro atoms. The molecule has 2 atom stereocenters. The van der Waals surface area contributed by atoms with Crippen LogP contribution in [-0.4, -0.2) is 62.7 Å². The lowest BCUT2D eigenvalue weighted by Crippen LogP contribution is -2.41. The van der Waals surface area contributed by atoms with Gasteiger partial charge in [-0.15, -0.1) is 0 Å². The Hall–Kier alpha value is -2.44. The number of amides is 1. The van der Waals surface area contributed by atoms with Gasteiger partial charge in [-0.3, -0.25) is 9.69 Å². The molecule has 0 saturated carbocycles. The lowest BCUT2D eigenvalue weighted by atomic mass is 9.88. The van der Waals surface area contributed by atoms with E-state index in [1.807, 2.05) is 29.2 Å². The lowest BCUT2D eigenvalue weighted by molar-refractivity contribution is -0.136. The predicted octanol–water partition coefficient (Wildman–Crippen LogP) is 4.18. The van der Waals surface area contributed by atoms with Crippen molar-refractivity contribution in [2.24, 2.45) is 11.8 Å². The predicted molar refractivity (Wildman–Crippen MR) is 124 cm³/mol. The summed E-state index contributed by atoms with van der Waals surface area (Å²) in [5.74, 6) is 1.35. The van der Waals surface area contributed by atoms with Crippen LogP contribution in [0.25, 0.3) is 0 Å². The zero-order valence-electron chi connectivity index (χ0n) is 19.6. The summed E-state index contributed by atoms with van der Waals surface area (Å²) < 4.78 is 24.7. The molecule has 2 aromatic carbocycles. The largest absolute Gasteiger partial charge is 0.496 e. The second kappa shape index (κ2) is 11.4. The van der Waals surface area contributed by atoms with E-state index >= 15 is 0 Å². The van der Waals surface area contributed by atoms with Crippen LogP contribution in [0, 0.1) is 17.7 Å². The smallest absolute Gasteiger partial charge is 0.248 e. The first kappa shape index (κ1) is 24.2. The van der Waals surface area contributed by atoms with E-state index in [1.54, 1.807) is 26.4 Å². The Morgan fingerprint density at radius 3 is 2.62 bits per heavy atom. The summed E-state index contributed by atoms with van der Waals surface area (Å²) in [6, 6.07) is 14.9. The summed E-state index contributed by atoms with van der Waals surface area (Å²) in [5, 5.41) is 0. The summed E-state index contributed by atoms with van der Waals surface area (Å²) in [7, 11) is 3.23. The van der Waals surface area contributed by atoms with Crippen molar-refractivity contribution in [3.63, 3.8) is 0 Å². The van der Waals surface area contributed by atoms with Gasteiger partial charge >= 0.3 is 0 Å². The van der Waals surface area contributed by atoms with Gasteiger partial charge < -0.3 is 14.4 Å². The maximum atomic E-state index is 14.0. The Kier molecular flexibility index (Phi) is 8.65. The summed E-state index contributed by atoms with van der Waals surface area (Å²) in [5.41, 5.74) is 2.12. The van der Waals surface area contributed by atoms with Crippen LogP contribution in [0.15, 0.2) is 48.5 Å². The maximum absolute atomic E-state index is 14.0. The fourth-order valence-corrected chi connectivity index (χ4v) is 4.68. The zero-order valence-corrected chi connectivity index (χ0v) is 19.6. The third-order valence-electron chi connectivity index (χ3n) is 6.04. The molecule has 0 radical (unpaired) electrons. The number of hydrogen-bond acceptors (Lipinski definition) is 4. The number of halogens is 1. The van der Waals surface area contributed by atoms with E-state index < -0.39 is 0 Å². The van der Waals surface area contributed by atoms with E-state index in [-0.39, 0.29) is 30.2 Å². The Labute approximate surface area is 191 Å². The highest BCUT2D eigenvalue weighted by atomic mass is 19.1. The van der Waals surface area contributed by atoms with Crippen LogP contribution >= 0.6 is 0 Å². The SMILES string of the molecule is COCC(=O)N(CC(C)C)CC1CN(Cc2ccccc2OC)CC1c1cccc(F)c1. The summed E-state index contributed by atoms with van der Waals surface area (Å²) in [6.07, 6.45) is 0. The van der Waals surface area contributed by atoms with Crippen LogP contribution in [0.5, 0.6) is 5.75 Å². The molecule has 32 heavy (non-hydrogen) atoms. The van der Waals surface area contributed by atoms with Crippen LogP contribution in [0.2, 0.25) is 0 Å². The standard InChI is InChI=1S/C26H35FN2O3/c1-19(2)13-29(26(30)18-31-3)16-22-15-28(14-21-8-5-6-11-25(21)32-4)17-24(22)20-9-7-10-23(27)12-20/h5-12,19,22,24H,13-18H2,1-4H3. The second-order valence-corrected chi connectivity index (χ2v) is 9.05. The zero-order chi connectivity index (χ0) is 23.1. The van der Waals surface area contributed by atoms with Crippen molar-refractivity contribution in [3.05, 3.63) is 65.5 Å². The van der Waals surface area contributed by atoms with Gasteiger partial charge in [0.05, 0.1) is 7.11 Å². The first-order chi connectivity index (χ1) is 15.4. The van der Waals surface area contributed by atoms with E-state index in [2.05, 4.69) is 24.8 Å². The van der Waals surface area contributed by atoms with Crippen molar-refractivity contribution in [1.29, 1.82) is 0 Å². The normalized spacial score (nSPS) is 18.8. The molecule has 174 valence electrons. The topological polar surface area (TPSA) is 42.0 Å². The van der Waals surface area contributed by atoms with Gasteiger partial charge in [0.2, 0.25) is 5.91 Å². The van der Waals surface area contributed by atoms with E-state index in [1.165, 1.54) is 6.07 Å². The average molecular weight is 443 g/mol. The van der Waals surface area contributed by atoms with Gasteiger partial charge in [-0.1, -0.05) is 44.2 Å². The van der Waals surface area contributed by atoms with Gasteiger partial charge in [0.1, 0.15) is 18.2 Å². The van der Waals surface area contributed by atoms with E-state index in [4.69, 9.17) is 9.47 Å². The number of methoxy groups -OCH3 is 2. The van der Waals surface area contributed by atoms with Gasteiger partial charge in [-0.25, -0.2) is 4.39 Å². The van der Waals surface area contributed by atoms with Gasteiger partial charge in [0.25, 0.3) is 0 Å². The molecule has 0 aromatic heterocycles. The van der Waals surface area contributed by atoms with Gasteiger partial charge in [-0.05, 0) is 35.6 Å². The minimum absolute atomic E-state index is 0.00220. The molecule has 6 heteroatoms. The molecule has 5 nitrogen and oxygen atoms in total. The quantitative estimate of drug-likeness (QED) is 0.554. The van der Waals surface area contributed by atoms with Crippen molar-refractivity contribution in [3.8, 4) is 5.75 Å². The van der Waals surface area contributed by atoms with Gasteiger partial charge in [-0.2, -0.15) is 0 Å². The molecular weight excluding hydrogens is 407 g/mol. The minimum Gasteiger partial charge on any atom is -0.496 e. The fraction of sp³-hybridized carbons (Fsp3) is 0.500. The number of hydrogen-bond donors (Lipinski definition) is 0. The van der Waals surface area contributed by atoms with Gasteiger partial charge in [0, 0.05) is 51.3 Å². The van der Waals surface area contributed by atoms with Crippen LogP contribution in [-0.2, 0) is 16.1 Å². The molecule has 1 fully saturated rings. The number of likely N-dealkylation sites (tertiary alicyclic amines) is 1. The molecule has 1 aliphatic heterocycles. The third-order valence-corrected chi connectivity index (χ3v) is 6.04. The number of rotatable bonds is 10. The molecule has 1 saturated heterocycles. The first-order valence-electron chi connectivity index (χ1n) is 11.3. The van der Waals surface area contributed by atoms with Crippen molar-refractivity contribution in [2.45, 2.75) is 26.3 Å². The van der Waals surface area contributed by atoms with Crippen LogP contribution in [0.3, 0.4) is 0 Å². The fourth-order valence-electron chi connectivity index (χ4n) is 4.68. The Balaban J connectivity index is 1.83. The van der Waals surface area contributed by atoms with E-state index in [0.29, 0.717) is 19.0 Å². The molecule has 0 bridgehead atoms. The Bertz CT molecular complexity index is 889.